The van der Waals surface area contributed by atoms with Crippen molar-refractivity contribution in [1.82, 2.24) is 10.9 Å². The molecule has 2 nitrogen and oxygen atoms in total. The van der Waals surface area contributed by atoms with Crippen molar-refractivity contribution in [2.24, 2.45) is 0 Å². The number of rotatable bonds is 3. The number of nitrogens with one attached hydrogen (secondary N) is 2. The molecule has 0 fully saturated rings. The van der Waals surface area contributed by atoms with Gasteiger partial charge in [-0.3, -0.25) is 10.9 Å². The first-order chi connectivity index (χ1) is 4.93. The predicted molar refractivity (Wildman–Crippen MR) is 42.3 cm³/mol. The maximum Gasteiger partial charge on any atom is 0.0350 e. The van der Waals surface area contributed by atoms with E-state index in [9.17, 15) is 0 Å². The molecule has 0 unspecified atom stereocenters. The molecule has 0 heterocycles. The van der Waals surface area contributed by atoms with Crippen LogP contribution in [0.4, 0.5) is 0 Å². The molecule has 0 saturated heterocycles. The Hall–Kier alpha value is -0.860. The van der Waals surface area contributed by atoms with Crippen LogP contribution in [0.15, 0.2) is 30.3 Å². The quantitative estimate of drug-likeness (QED) is 0.603. The zero-order valence-corrected chi connectivity index (χ0v) is 6.09. The van der Waals surface area contributed by atoms with Crippen LogP contribution in [0.5, 0.6) is 0 Å². The molecule has 0 bridgehead atoms. The molecule has 0 aromatic heterocycles. The highest BCUT2D eigenvalue weighted by molar-refractivity contribution is 5.13. The minimum absolute atomic E-state index is 0.872. The zero-order chi connectivity index (χ0) is 7.23. The van der Waals surface area contributed by atoms with Gasteiger partial charge in [-0.25, -0.2) is 0 Å². The van der Waals surface area contributed by atoms with E-state index in [0.717, 1.165) is 6.54 Å². The van der Waals surface area contributed by atoms with Gasteiger partial charge in [0.05, 0.1) is 0 Å². The Kier molecular flexibility index (Phi) is 2.93. The summed E-state index contributed by atoms with van der Waals surface area (Å²) in [5, 5.41) is 0. The van der Waals surface area contributed by atoms with E-state index in [-0.39, 0.29) is 0 Å². The van der Waals surface area contributed by atoms with E-state index in [1.165, 1.54) is 5.56 Å². The van der Waals surface area contributed by atoms with Crippen molar-refractivity contribution in [3.8, 4) is 0 Å². The zero-order valence-electron chi connectivity index (χ0n) is 6.09. The molecule has 2 heteroatoms. The third kappa shape index (κ3) is 2.17. The van der Waals surface area contributed by atoms with E-state index in [2.05, 4.69) is 23.0 Å². The summed E-state index contributed by atoms with van der Waals surface area (Å²) >= 11 is 0. The lowest BCUT2D eigenvalue weighted by Crippen LogP contribution is -2.26. The summed E-state index contributed by atoms with van der Waals surface area (Å²) in [4.78, 5) is 0. The van der Waals surface area contributed by atoms with Crippen molar-refractivity contribution in [3.63, 3.8) is 0 Å². The minimum atomic E-state index is 0.872. The van der Waals surface area contributed by atoms with Crippen LogP contribution in [-0.4, -0.2) is 7.05 Å². The highest BCUT2D eigenvalue weighted by Gasteiger charge is 1.85. The molecule has 0 amide bonds. The standard InChI is InChI=1S/C8H12N2/c1-9-10-7-8-5-3-2-4-6-8/h2-6,9-10H,7H2,1H3. The van der Waals surface area contributed by atoms with Crippen molar-refractivity contribution in [2.75, 3.05) is 7.05 Å². The molecule has 1 aromatic rings. The van der Waals surface area contributed by atoms with Crippen LogP contribution in [0.25, 0.3) is 0 Å². The van der Waals surface area contributed by atoms with E-state index < -0.39 is 0 Å². The summed E-state index contributed by atoms with van der Waals surface area (Å²) in [5.74, 6) is 0. The smallest absolute Gasteiger partial charge is 0.0350 e. The molecule has 0 aliphatic rings. The third-order valence-corrected chi connectivity index (χ3v) is 1.31. The summed E-state index contributed by atoms with van der Waals surface area (Å²) in [7, 11) is 1.86. The van der Waals surface area contributed by atoms with E-state index in [0.29, 0.717) is 0 Å². The first-order valence-corrected chi connectivity index (χ1v) is 3.37. The lowest BCUT2D eigenvalue weighted by Gasteiger charge is -2.00. The Morgan fingerprint density at radius 1 is 1.20 bits per heavy atom. The van der Waals surface area contributed by atoms with Gasteiger partial charge in [-0.05, 0) is 12.6 Å². The average Bonchev–Trinajstić information content (AvgIpc) is 2.03. The van der Waals surface area contributed by atoms with Crippen LogP contribution in [0.1, 0.15) is 5.56 Å². The van der Waals surface area contributed by atoms with Gasteiger partial charge in [0.2, 0.25) is 0 Å². The first-order valence-electron chi connectivity index (χ1n) is 3.37. The largest absolute Gasteiger partial charge is 0.261 e. The van der Waals surface area contributed by atoms with Gasteiger partial charge in [-0.2, -0.15) is 0 Å². The second-order valence-electron chi connectivity index (χ2n) is 2.09. The molecule has 0 saturated carbocycles. The molecule has 0 radical (unpaired) electrons. The summed E-state index contributed by atoms with van der Waals surface area (Å²) in [6, 6.07) is 10.3. The van der Waals surface area contributed by atoms with Crippen LogP contribution in [0.2, 0.25) is 0 Å². The maximum atomic E-state index is 3.01. The fourth-order valence-electron chi connectivity index (χ4n) is 0.786. The van der Waals surface area contributed by atoms with Crippen molar-refractivity contribution in [1.29, 1.82) is 0 Å². The maximum absolute atomic E-state index is 3.01. The lowest BCUT2D eigenvalue weighted by molar-refractivity contribution is 0.596. The monoisotopic (exact) mass is 136 g/mol. The highest BCUT2D eigenvalue weighted by Crippen LogP contribution is 1.95. The molecule has 1 aromatic carbocycles. The third-order valence-electron chi connectivity index (χ3n) is 1.31. The Bertz CT molecular complexity index is 172. The summed E-state index contributed by atoms with van der Waals surface area (Å²) in [6.07, 6.45) is 0. The van der Waals surface area contributed by atoms with Gasteiger partial charge in [0, 0.05) is 6.54 Å². The SMILES string of the molecule is CNNCc1ccccc1. The summed E-state index contributed by atoms with van der Waals surface area (Å²) < 4.78 is 0. The Morgan fingerprint density at radius 2 is 1.90 bits per heavy atom. The van der Waals surface area contributed by atoms with Crippen molar-refractivity contribution >= 4 is 0 Å². The van der Waals surface area contributed by atoms with Gasteiger partial charge in [-0.15, -0.1) is 0 Å². The topological polar surface area (TPSA) is 24.1 Å². The van der Waals surface area contributed by atoms with Gasteiger partial charge in [0.15, 0.2) is 0 Å². The van der Waals surface area contributed by atoms with Crippen LogP contribution >= 0.6 is 0 Å². The van der Waals surface area contributed by atoms with E-state index >= 15 is 0 Å². The van der Waals surface area contributed by atoms with Gasteiger partial charge < -0.3 is 0 Å². The first kappa shape index (κ1) is 7.25. The van der Waals surface area contributed by atoms with Gasteiger partial charge in [0.25, 0.3) is 0 Å². The Labute approximate surface area is 61.2 Å². The second kappa shape index (κ2) is 4.04. The molecular weight excluding hydrogens is 124 g/mol. The predicted octanol–water partition coefficient (Wildman–Crippen LogP) is 0.911. The van der Waals surface area contributed by atoms with Crippen LogP contribution in [-0.2, 0) is 6.54 Å². The van der Waals surface area contributed by atoms with Gasteiger partial charge >= 0.3 is 0 Å². The van der Waals surface area contributed by atoms with Crippen LogP contribution in [0, 0.1) is 0 Å². The molecule has 1 rings (SSSR count). The van der Waals surface area contributed by atoms with Crippen molar-refractivity contribution < 1.29 is 0 Å². The molecule has 0 aliphatic carbocycles. The number of benzene rings is 1. The van der Waals surface area contributed by atoms with Crippen molar-refractivity contribution in [3.05, 3.63) is 35.9 Å². The van der Waals surface area contributed by atoms with E-state index in [4.69, 9.17) is 0 Å². The van der Waals surface area contributed by atoms with Gasteiger partial charge in [-0.1, -0.05) is 30.3 Å². The number of hydrazine groups is 1. The van der Waals surface area contributed by atoms with Crippen LogP contribution in [0.3, 0.4) is 0 Å². The lowest BCUT2D eigenvalue weighted by atomic mass is 10.2. The highest BCUT2D eigenvalue weighted by atomic mass is 15.3. The van der Waals surface area contributed by atoms with Crippen LogP contribution < -0.4 is 10.9 Å². The molecule has 54 valence electrons. The fourth-order valence-corrected chi connectivity index (χ4v) is 0.786. The minimum Gasteiger partial charge on any atom is -0.261 e. The number of hydrogen-bond donors (Lipinski definition) is 2. The molecule has 0 aliphatic heterocycles. The van der Waals surface area contributed by atoms with E-state index in [1.807, 2.05) is 25.2 Å². The molecule has 0 spiro atoms. The number of hydrogen-bond acceptors (Lipinski definition) is 2. The molecule has 10 heavy (non-hydrogen) atoms. The molecule has 2 N–H and O–H groups in total. The average molecular weight is 136 g/mol. The fraction of sp³-hybridized carbons (Fsp3) is 0.250. The second-order valence-corrected chi connectivity index (χ2v) is 2.09. The Morgan fingerprint density at radius 3 is 2.50 bits per heavy atom. The summed E-state index contributed by atoms with van der Waals surface area (Å²) in [6.45, 7) is 0.872. The molecule has 0 atom stereocenters. The molecular formula is C8H12N2. The van der Waals surface area contributed by atoms with Crippen molar-refractivity contribution in [2.45, 2.75) is 6.54 Å². The Balaban J connectivity index is 2.43. The van der Waals surface area contributed by atoms with Gasteiger partial charge in [0.1, 0.15) is 0 Å². The van der Waals surface area contributed by atoms with E-state index in [1.54, 1.807) is 0 Å². The summed E-state index contributed by atoms with van der Waals surface area (Å²) in [5.41, 5.74) is 7.17. The normalized spacial score (nSPS) is 9.70.